The maximum atomic E-state index is 12.7. The van der Waals surface area contributed by atoms with Crippen LogP contribution in [0.25, 0.3) is 0 Å². The van der Waals surface area contributed by atoms with E-state index in [1.165, 1.54) is 0 Å². The van der Waals surface area contributed by atoms with Crippen LogP contribution in [0.4, 0.5) is 5.82 Å². The quantitative estimate of drug-likeness (QED) is 0.349. The highest BCUT2D eigenvalue weighted by Gasteiger charge is 2.26. The van der Waals surface area contributed by atoms with Crippen molar-refractivity contribution in [2.75, 3.05) is 32.0 Å². The summed E-state index contributed by atoms with van der Waals surface area (Å²) < 4.78 is 12.7. The predicted molar refractivity (Wildman–Crippen MR) is 123 cm³/mol. The second kappa shape index (κ2) is 10.8. The van der Waals surface area contributed by atoms with Crippen molar-refractivity contribution >= 4 is 29.2 Å². The Labute approximate surface area is 192 Å². The summed E-state index contributed by atoms with van der Waals surface area (Å²) in [5, 5.41) is 4.81. The van der Waals surface area contributed by atoms with Crippen LogP contribution in [0.1, 0.15) is 40.3 Å². The van der Waals surface area contributed by atoms with Gasteiger partial charge in [-0.2, -0.15) is 5.10 Å². The van der Waals surface area contributed by atoms with Gasteiger partial charge in [-0.1, -0.05) is 36.7 Å². The third-order valence-corrected chi connectivity index (χ3v) is 5.69. The largest absolute Gasteiger partial charge is 0.454 e. The Morgan fingerprint density at radius 2 is 2.09 bits per heavy atom. The molecule has 0 aliphatic carbocycles. The van der Waals surface area contributed by atoms with Crippen LogP contribution in [0, 0.1) is 0 Å². The Morgan fingerprint density at radius 1 is 1.34 bits per heavy atom. The van der Waals surface area contributed by atoms with Crippen molar-refractivity contribution in [2.45, 2.75) is 39.0 Å². The number of morpholine rings is 1. The van der Waals surface area contributed by atoms with Gasteiger partial charge in [-0.25, -0.2) is 9.48 Å². The van der Waals surface area contributed by atoms with E-state index in [1.807, 2.05) is 13.8 Å². The van der Waals surface area contributed by atoms with Gasteiger partial charge in [-0.3, -0.25) is 9.69 Å². The number of nitrogen functional groups attached to an aromatic ring is 1. The number of rotatable bonds is 9. The van der Waals surface area contributed by atoms with E-state index in [1.54, 1.807) is 35.0 Å². The zero-order valence-electron chi connectivity index (χ0n) is 18.4. The van der Waals surface area contributed by atoms with Crippen LogP contribution in [-0.4, -0.2) is 64.9 Å². The fraction of sp³-hybridized carbons (Fsp3) is 0.435. The minimum atomic E-state index is -0.669. The lowest BCUT2D eigenvalue weighted by Gasteiger charge is -2.35. The fourth-order valence-electron chi connectivity index (χ4n) is 3.76. The molecule has 0 saturated carbocycles. The number of carbonyl (C=O) groups excluding carboxylic acids is 2. The number of ketones is 1. The van der Waals surface area contributed by atoms with Crippen molar-refractivity contribution < 1.29 is 19.1 Å². The molecule has 0 unspecified atom stereocenters. The number of ether oxygens (including phenoxy) is 2. The molecule has 2 heterocycles. The van der Waals surface area contributed by atoms with Crippen LogP contribution in [-0.2, 0) is 22.4 Å². The molecule has 3 rings (SSSR count). The van der Waals surface area contributed by atoms with Crippen molar-refractivity contribution in [1.82, 2.24) is 14.7 Å². The molecule has 0 spiro atoms. The lowest BCUT2D eigenvalue weighted by molar-refractivity contribution is -0.0556. The smallest absolute Gasteiger partial charge is 0.344 e. The van der Waals surface area contributed by atoms with Gasteiger partial charge in [0, 0.05) is 25.2 Å². The SMILES string of the molecule is C=C[C@H]1CN(CCn2nc(CC)c(C(=O)OCC(=O)c3ccccc3Cl)c2N)C[C@@H](C)O1. The Balaban J connectivity index is 1.65. The molecule has 1 aromatic carbocycles. The third-order valence-electron chi connectivity index (χ3n) is 5.36. The zero-order valence-corrected chi connectivity index (χ0v) is 19.2. The monoisotopic (exact) mass is 460 g/mol. The second-order valence-electron chi connectivity index (χ2n) is 7.74. The van der Waals surface area contributed by atoms with Gasteiger partial charge in [0.1, 0.15) is 11.4 Å². The predicted octanol–water partition coefficient (Wildman–Crippen LogP) is 3.00. The number of anilines is 1. The van der Waals surface area contributed by atoms with Gasteiger partial charge in [0.25, 0.3) is 0 Å². The van der Waals surface area contributed by atoms with Gasteiger partial charge < -0.3 is 15.2 Å². The zero-order chi connectivity index (χ0) is 23.3. The Kier molecular flexibility index (Phi) is 8.06. The average molecular weight is 461 g/mol. The molecule has 1 aliphatic heterocycles. The molecule has 172 valence electrons. The Morgan fingerprint density at radius 3 is 2.78 bits per heavy atom. The highest BCUT2D eigenvalue weighted by Crippen LogP contribution is 2.21. The van der Waals surface area contributed by atoms with Crippen LogP contribution < -0.4 is 5.73 Å². The molecule has 9 heteroatoms. The first-order valence-electron chi connectivity index (χ1n) is 10.6. The minimum absolute atomic E-state index is 0.0129. The molecule has 1 aliphatic rings. The molecule has 8 nitrogen and oxygen atoms in total. The van der Waals surface area contributed by atoms with E-state index in [-0.39, 0.29) is 29.4 Å². The summed E-state index contributed by atoms with van der Waals surface area (Å²) in [5.41, 5.74) is 7.30. The summed E-state index contributed by atoms with van der Waals surface area (Å²) in [4.78, 5) is 27.4. The first-order valence-corrected chi connectivity index (χ1v) is 11.0. The molecule has 1 aromatic heterocycles. The molecule has 0 bridgehead atoms. The normalized spacial score (nSPS) is 19.0. The molecule has 1 fully saturated rings. The van der Waals surface area contributed by atoms with Crippen LogP contribution in [0.2, 0.25) is 5.02 Å². The highest BCUT2D eigenvalue weighted by molar-refractivity contribution is 6.34. The van der Waals surface area contributed by atoms with Crippen molar-refractivity contribution in [2.24, 2.45) is 0 Å². The molecule has 1 saturated heterocycles. The number of nitrogens with zero attached hydrogens (tertiary/aromatic N) is 3. The van der Waals surface area contributed by atoms with Crippen LogP contribution in [0.3, 0.4) is 0 Å². The fourth-order valence-corrected chi connectivity index (χ4v) is 4.00. The summed E-state index contributed by atoms with van der Waals surface area (Å²) in [7, 11) is 0. The second-order valence-corrected chi connectivity index (χ2v) is 8.15. The van der Waals surface area contributed by atoms with E-state index in [4.69, 9.17) is 26.8 Å². The Hall–Kier alpha value is -2.68. The van der Waals surface area contributed by atoms with E-state index >= 15 is 0 Å². The van der Waals surface area contributed by atoms with E-state index in [0.717, 1.165) is 13.1 Å². The first-order chi connectivity index (χ1) is 15.3. The van der Waals surface area contributed by atoms with Gasteiger partial charge in [0.15, 0.2) is 6.61 Å². The molecular formula is C23H29ClN4O4. The number of hydrogen-bond donors (Lipinski definition) is 1. The summed E-state index contributed by atoms with van der Waals surface area (Å²) in [6.07, 6.45) is 2.40. The van der Waals surface area contributed by atoms with Gasteiger partial charge in [-0.15, -0.1) is 6.58 Å². The highest BCUT2D eigenvalue weighted by atomic mass is 35.5. The molecule has 0 radical (unpaired) electrons. The Bertz CT molecular complexity index is 990. The van der Waals surface area contributed by atoms with Crippen molar-refractivity contribution in [3.63, 3.8) is 0 Å². The number of carbonyl (C=O) groups is 2. The van der Waals surface area contributed by atoms with Crippen molar-refractivity contribution in [3.8, 4) is 0 Å². The van der Waals surface area contributed by atoms with Gasteiger partial charge in [0.05, 0.1) is 29.5 Å². The first kappa shape index (κ1) is 24.0. The standard InChI is InChI=1S/C23H29ClN4O4/c1-4-16-13-27(12-15(3)32-16)10-11-28-22(25)21(19(5-2)26-28)23(30)31-14-20(29)17-8-6-7-9-18(17)24/h4,6-9,15-16H,1,5,10-14,25H2,2-3H3/t15-,16+/m1/s1. The van der Waals surface area contributed by atoms with E-state index in [0.29, 0.717) is 35.8 Å². The molecule has 32 heavy (non-hydrogen) atoms. The summed E-state index contributed by atoms with van der Waals surface area (Å²) >= 11 is 6.04. The lowest BCUT2D eigenvalue weighted by atomic mass is 10.1. The minimum Gasteiger partial charge on any atom is -0.454 e. The number of nitrogens with two attached hydrogens (primary N) is 1. The summed E-state index contributed by atoms with van der Waals surface area (Å²) in [6.45, 7) is 10.1. The number of halogens is 1. The van der Waals surface area contributed by atoms with Crippen LogP contribution in [0.15, 0.2) is 36.9 Å². The van der Waals surface area contributed by atoms with E-state index in [2.05, 4.69) is 16.6 Å². The number of Topliss-reactive ketones (excluding diaryl/α,β-unsaturated/α-hetero) is 1. The average Bonchev–Trinajstić information content (AvgIpc) is 3.11. The van der Waals surface area contributed by atoms with Gasteiger partial charge >= 0.3 is 5.97 Å². The number of benzene rings is 1. The van der Waals surface area contributed by atoms with E-state index < -0.39 is 12.6 Å². The van der Waals surface area contributed by atoms with Crippen molar-refractivity contribution in [1.29, 1.82) is 0 Å². The third kappa shape index (κ3) is 5.56. The number of aromatic nitrogens is 2. The number of esters is 1. The number of aryl methyl sites for hydroxylation is 1. The maximum Gasteiger partial charge on any atom is 0.344 e. The maximum absolute atomic E-state index is 12.7. The topological polar surface area (TPSA) is 99.7 Å². The van der Waals surface area contributed by atoms with Crippen LogP contribution >= 0.6 is 11.6 Å². The van der Waals surface area contributed by atoms with Gasteiger partial charge in [-0.05, 0) is 25.5 Å². The van der Waals surface area contributed by atoms with Crippen LogP contribution in [0.5, 0.6) is 0 Å². The molecule has 2 N–H and O–H groups in total. The summed E-state index contributed by atoms with van der Waals surface area (Å²) in [6, 6.07) is 6.62. The molecular weight excluding hydrogens is 432 g/mol. The summed E-state index contributed by atoms with van der Waals surface area (Å²) in [5.74, 6) is -0.817. The molecule has 2 aromatic rings. The molecule has 2 atom stereocenters. The van der Waals surface area contributed by atoms with Gasteiger partial charge in [0.2, 0.25) is 5.78 Å². The van der Waals surface area contributed by atoms with E-state index in [9.17, 15) is 9.59 Å². The molecule has 0 amide bonds. The lowest BCUT2D eigenvalue weighted by Crippen LogP contribution is -2.46. The number of hydrogen-bond acceptors (Lipinski definition) is 7. The van der Waals surface area contributed by atoms with Crippen molar-refractivity contribution in [3.05, 3.63) is 58.8 Å².